The molecular weight excluding hydrogens is 380 g/mol. The molecule has 1 fully saturated rings. The third-order valence-electron chi connectivity index (χ3n) is 4.05. The molecule has 0 bridgehead atoms. The molecule has 0 saturated carbocycles. The molecule has 2 aromatic rings. The van der Waals surface area contributed by atoms with E-state index in [2.05, 4.69) is 5.32 Å². The van der Waals surface area contributed by atoms with E-state index in [4.69, 9.17) is 12.2 Å². The molecule has 0 unspecified atom stereocenters. The van der Waals surface area contributed by atoms with Crippen LogP contribution in [0.1, 0.15) is 0 Å². The number of nitrogens with one attached hydrogen (secondary N) is 1. The highest BCUT2D eigenvalue weighted by molar-refractivity contribution is 7.89. The molecule has 1 aliphatic rings. The predicted molar refractivity (Wildman–Crippen MR) is 99.4 cm³/mol. The third kappa shape index (κ3) is 4.17. The van der Waals surface area contributed by atoms with Crippen LogP contribution in [0.2, 0.25) is 0 Å². The van der Waals surface area contributed by atoms with E-state index in [0.717, 1.165) is 12.1 Å². The van der Waals surface area contributed by atoms with Gasteiger partial charge in [0.2, 0.25) is 10.0 Å². The van der Waals surface area contributed by atoms with Gasteiger partial charge in [-0.1, -0.05) is 6.07 Å². The van der Waals surface area contributed by atoms with E-state index in [-0.39, 0.29) is 23.8 Å². The zero-order chi connectivity index (χ0) is 18.7. The maximum absolute atomic E-state index is 13.2. The van der Waals surface area contributed by atoms with Crippen molar-refractivity contribution >= 4 is 33.0 Å². The van der Waals surface area contributed by atoms with Crippen LogP contribution in [-0.2, 0) is 10.0 Å². The molecular formula is C17H17F2N3O2S2. The lowest BCUT2D eigenvalue weighted by Crippen LogP contribution is -2.51. The molecule has 138 valence electrons. The maximum atomic E-state index is 13.2. The standard InChI is InChI=1S/C17H17F2N3O2S2/c18-13-4-6-16(7-5-13)26(23,24)22-10-8-21(9-11-22)17(25)20-15-3-1-2-14(19)12-15/h1-7,12H,8-11H2,(H,20,25). The first-order valence-corrected chi connectivity index (χ1v) is 9.78. The minimum absolute atomic E-state index is 0.0628. The van der Waals surface area contributed by atoms with Crippen LogP contribution in [-0.4, -0.2) is 48.9 Å². The van der Waals surface area contributed by atoms with Crippen LogP contribution in [0.15, 0.2) is 53.4 Å². The molecule has 0 atom stereocenters. The van der Waals surface area contributed by atoms with Crippen LogP contribution < -0.4 is 5.32 Å². The number of rotatable bonds is 3. The summed E-state index contributed by atoms with van der Waals surface area (Å²) < 4.78 is 52.8. The second-order valence-corrected chi connectivity index (χ2v) is 8.11. The Morgan fingerprint density at radius 1 is 0.962 bits per heavy atom. The number of benzene rings is 2. The zero-order valence-electron chi connectivity index (χ0n) is 13.7. The first-order chi connectivity index (χ1) is 12.4. The fraction of sp³-hybridized carbons (Fsp3) is 0.235. The summed E-state index contributed by atoms with van der Waals surface area (Å²) in [4.78, 5) is 1.89. The Hall–Kier alpha value is -2.10. The second kappa shape index (κ2) is 7.65. The van der Waals surface area contributed by atoms with E-state index >= 15 is 0 Å². The van der Waals surface area contributed by atoms with Crippen molar-refractivity contribution in [3.63, 3.8) is 0 Å². The number of sulfonamides is 1. The van der Waals surface area contributed by atoms with Gasteiger partial charge in [-0.05, 0) is 54.7 Å². The highest BCUT2D eigenvalue weighted by Crippen LogP contribution is 2.19. The van der Waals surface area contributed by atoms with Crippen LogP contribution in [0, 0.1) is 11.6 Å². The summed E-state index contributed by atoms with van der Waals surface area (Å²) in [6.07, 6.45) is 0. The Bertz CT molecular complexity index is 896. The van der Waals surface area contributed by atoms with Gasteiger partial charge in [-0.2, -0.15) is 4.31 Å². The van der Waals surface area contributed by atoms with Crippen molar-refractivity contribution in [2.75, 3.05) is 31.5 Å². The van der Waals surface area contributed by atoms with Crippen LogP contribution in [0.5, 0.6) is 0 Å². The largest absolute Gasteiger partial charge is 0.346 e. The van der Waals surface area contributed by atoms with Crippen molar-refractivity contribution in [3.8, 4) is 0 Å². The summed E-state index contributed by atoms with van der Waals surface area (Å²) in [5.41, 5.74) is 0.538. The number of hydrogen-bond acceptors (Lipinski definition) is 3. The second-order valence-electron chi connectivity index (χ2n) is 5.79. The quantitative estimate of drug-likeness (QED) is 0.807. The van der Waals surface area contributed by atoms with Gasteiger partial charge in [0.05, 0.1) is 4.90 Å². The Morgan fingerprint density at radius 3 is 2.23 bits per heavy atom. The van der Waals surface area contributed by atoms with Crippen molar-refractivity contribution in [2.45, 2.75) is 4.90 Å². The Balaban J connectivity index is 1.61. The van der Waals surface area contributed by atoms with Crippen LogP contribution >= 0.6 is 12.2 Å². The molecule has 0 aromatic heterocycles. The molecule has 3 rings (SSSR count). The van der Waals surface area contributed by atoms with Gasteiger partial charge in [0.25, 0.3) is 0 Å². The summed E-state index contributed by atoms with van der Waals surface area (Å²) in [6.45, 7) is 1.32. The summed E-state index contributed by atoms with van der Waals surface area (Å²) in [7, 11) is -3.67. The summed E-state index contributed by atoms with van der Waals surface area (Å²) >= 11 is 5.32. The molecule has 0 aliphatic carbocycles. The smallest absolute Gasteiger partial charge is 0.243 e. The first kappa shape index (κ1) is 18.7. The normalized spacial score (nSPS) is 15.7. The molecule has 1 aliphatic heterocycles. The minimum Gasteiger partial charge on any atom is -0.346 e. The van der Waals surface area contributed by atoms with E-state index in [1.165, 1.54) is 28.6 Å². The number of halogens is 2. The van der Waals surface area contributed by atoms with E-state index in [1.54, 1.807) is 12.1 Å². The highest BCUT2D eigenvalue weighted by atomic mass is 32.2. The Morgan fingerprint density at radius 2 is 1.62 bits per heavy atom. The molecule has 1 saturated heterocycles. The average molecular weight is 397 g/mol. The van der Waals surface area contributed by atoms with E-state index < -0.39 is 15.8 Å². The number of nitrogens with zero attached hydrogens (tertiary/aromatic N) is 2. The van der Waals surface area contributed by atoms with Gasteiger partial charge in [0.1, 0.15) is 11.6 Å². The predicted octanol–water partition coefficient (Wildman–Crippen LogP) is 2.67. The average Bonchev–Trinajstić information content (AvgIpc) is 2.62. The topological polar surface area (TPSA) is 52.7 Å². The fourth-order valence-corrected chi connectivity index (χ4v) is 4.38. The maximum Gasteiger partial charge on any atom is 0.243 e. The Labute approximate surface area is 156 Å². The summed E-state index contributed by atoms with van der Waals surface area (Å²) in [5, 5.41) is 3.36. The molecule has 0 amide bonds. The summed E-state index contributed by atoms with van der Waals surface area (Å²) in [6, 6.07) is 10.7. The van der Waals surface area contributed by atoms with Gasteiger partial charge < -0.3 is 10.2 Å². The fourth-order valence-electron chi connectivity index (χ4n) is 2.66. The molecule has 5 nitrogen and oxygen atoms in total. The minimum atomic E-state index is -3.67. The van der Waals surface area contributed by atoms with Gasteiger partial charge in [-0.25, -0.2) is 17.2 Å². The van der Waals surface area contributed by atoms with Crippen molar-refractivity contribution in [2.24, 2.45) is 0 Å². The van der Waals surface area contributed by atoms with Gasteiger partial charge in [0.15, 0.2) is 5.11 Å². The van der Waals surface area contributed by atoms with Crippen molar-refractivity contribution in [1.29, 1.82) is 0 Å². The van der Waals surface area contributed by atoms with E-state index in [9.17, 15) is 17.2 Å². The monoisotopic (exact) mass is 397 g/mol. The van der Waals surface area contributed by atoms with Gasteiger partial charge in [-0.15, -0.1) is 0 Å². The van der Waals surface area contributed by atoms with E-state index in [0.29, 0.717) is 23.9 Å². The Kier molecular flexibility index (Phi) is 5.49. The van der Waals surface area contributed by atoms with Crippen LogP contribution in [0.25, 0.3) is 0 Å². The first-order valence-electron chi connectivity index (χ1n) is 7.93. The lowest BCUT2D eigenvalue weighted by atomic mass is 10.3. The number of anilines is 1. The zero-order valence-corrected chi connectivity index (χ0v) is 15.4. The van der Waals surface area contributed by atoms with Crippen molar-refractivity contribution in [3.05, 3.63) is 60.2 Å². The molecule has 9 heteroatoms. The number of piperazine rings is 1. The third-order valence-corrected chi connectivity index (χ3v) is 6.33. The molecule has 0 radical (unpaired) electrons. The highest BCUT2D eigenvalue weighted by Gasteiger charge is 2.29. The van der Waals surface area contributed by atoms with E-state index in [1.807, 2.05) is 4.90 Å². The molecule has 0 spiro atoms. The molecule has 2 aromatic carbocycles. The van der Waals surface area contributed by atoms with Crippen molar-refractivity contribution in [1.82, 2.24) is 9.21 Å². The van der Waals surface area contributed by atoms with Gasteiger partial charge in [-0.3, -0.25) is 0 Å². The molecule has 26 heavy (non-hydrogen) atoms. The SMILES string of the molecule is O=S(=O)(c1ccc(F)cc1)N1CCN(C(=S)Nc2cccc(F)c2)CC1. The van der Waals surface area contributed by atoms with Crippen molar-refractivity contribution < 1.29 is 17.2 Å². The molecule has 1 heterocycles. The lowest BCUT2D eigenvalue weighted by molar-refractivity contribution is 0.268. The molecule has 1 N–H and O–H groups in total. The number of thiocarbonyl (C=S) groups is 1. The van der Waals surface area contributed by atoms with Gasteiger partial charge in [0, 0.05) is 31.9 Å². The van der Waals surface area contributed by atoms with Crippen LogP contribution in [0.4, 0.5) is 14.5 Å². The summed E-state index contributed by atoms with van der Waals surface area (Å²) in [5.74, 6) is -0.851. The van der Waals surface area contributed by atoms with Crippen LogP contribution in [0.3, 0.4) is 0 Å². The number of hydrogen-bond donors (Lipinski definition) is 1. The lowest BCUT2D eigenvalue weighted by Gasteiger charge is -2.35. The van der Waals surface area contributed by atoms with Gasteiger partial charge >= 0.3 is 0 Å².